The van der Waals surface area contributed by atoms with Crippen LogP contribution in [0.3, 0.4) is 0 Å². The van der Waals surface area contributed by atoms with Crippen LogP contribution in [0.15, 0.2) is 65.1 Å². The van der Waals surface area contributed by atoms with Crippen molar-refractivity contribution < 1.29 is 4.42 Å². The smallest absolute Gasteiger partial charge is 0.249 e. The van der Waals surface area contributed by atoms with Gasteiger partial charge in [-0.15, -0.1) is 10.2 Å². The Balaban J connectivity index is 1.61. The summed E-state index contributed by atoms with van der Waals surface area (Å²) in [6.45, 7) is 0. The van der Waals surface area contributed by atoms with E-state index in [9.17, 15) is 0 Å². The minimum atomic E-state index is 0.334. The molecular weight excluding hydrogens is 452 g/mol. The Morgan fingerprint density at radius 2 is 1.55 bits per heavy atom. The van der Waals surface area contributed by atoms with Crippen LogP contribution in [0, 0.1) is 0 Å². The molecule has 146 valence electrons. The number of anilines is 2. The molecule has 3 aromatic carbocycles. The Bertz CT molecular complexity index is 1160. The molecule has 1 aromatic heterocycles. The van der Waals surface area contributed by atoms with Gasteiger partial charge in [-0.25, -0.2) is 0 Å². The number of aromatic nitrogens is 2. The predicted molar refractivity (Wildman–Crippen MR) is 119 cm³/mol. The monoisotopic (exact) mass is 463 g/mol. The molecule has 0 radical (unpaired) electrons. The van der Waals surface area contributed by atoms with E-state index in [0.29, 0.717) is 49.5 Å². The van der Waals surface area contributed by atoms with Crippen molar-refractivity contribution in [2.75, 3.05) is 5.32 Å². The number of nitrogens with one attached hydrogen (secondary N) is 1. The van der Waals surface area contributed by atoms with E-state index in [2.05, 4.69) is 15.5 Å². The fourth-order valence-electron chi connectivity index (χ4n) is 2.81. The van der Waals surface area contributed by atoms with Crippen LogP contribution < -0.4 is 5.32 Å². The highest BCUT2D eigenvalue weighted by atomic mass is 35.5. The van der Waals surface area contributed by atoms with E-state index in [0.717, 1.165) is 11.3 Å². The quantitative estimate of drug-likeness (QED) is 0.329. The van der Waals surface area contributed by atoms with Gasteiger partial charge in [-0.2, -0.15) is 0 Å². The van der Waals surface area contributed by atoms with Crippen molar-refractivity contribution in [3.05, 3.63) is 92.2 Å². The van der Waals surface area contributed by atoms with Gasteiger partial charge in [-0.1, -0.05) is 70.7 Å². The van der Waals surface area contributed by atoms with Crippen molar-refractivity contribution >= 4 is 57.8 Å². The van der Waals surface area contributed by atoms with E-state index in [4.69, 9.17) is 50.8 Å². The molecule has 4 rings (SSSR count). The van der Waals surface area contributed by atoms with Crippen LogP contribution >= 0.6 is 46.4 Å². The molecule has 0 fully saturated rings. The van der Waals surface area contributed by atoms with E-state index in [1.54, 1.807) is 36.4 Å². The van der Waals surface area contributed by atoms with E-state index in [1.807, 2.05) is 24.3 Å². The Kier molecular flexibility index (Phi) is 5.97. The zero-order valence-corrected chi connectivity index (χ0v) is 17.8. The molecule has 0 spiro atoms. The second-order valence-corrected chi connectivity index (χ2v) is 7.84. The molecule has 0 bridgehead atoms. The van der Waals surface area contributed by atoms with E-state index >= 15 is 0 Å². The summed E-state index contributed by atoms with van der Waals surface area (Å²) in [7, 11) is 0. The van der Waals surface area contributed by atoms with Crippen LogP contribution in [0.4, 0.5) is 11.4 Å². The summed E-state index contributed by atoms with van der Waals surface area (Å²) in [5.74, 6) is 0.784. The summed E-state index contributed by atoms with van der Waals surface area (Å²) < 4.78 is 5.82. The van der Waals surface area contributed by atoms with Crippen molar-refractivity contribution in [3.63, 3.8) is 0 Å². The Labute approximate surface area is 187 Å². The predicted octanol–water partition coefficient (Wildman–Crippen LogP) is 7.68. The molecular formula is C21H13Cl4N3O. The number of nitrogens with zero attached hydrogens (tertiary/aromatic N) is 2. The van der Waals surface area contributed by atoms with Gasteiger partial charge < -0.3 is 9.73 Å². The van der Waals surface area contributed by atoms with E-state index in [1.165, 1.54) is 0 Å². The topological polar surface area (TPSA) is 51.0 Å². The maximum absolute atomic E-state index is 6.28. The zero-order valence-electron chi connectivity index (χ0n) is 14.8. The lowest BCUT2D eigenvalue weighted by atomic mass is 10.1. The van der Waals surface area contributed by atoms with Gasteiger partial charge in [0.1, 0.15) is 0 Å². The highest BCUT2D eigenvalue weighted by molar-refractivity contribution is 6.39. The highest BCUT2D eigenvalue weighted by Gasteiger charge is 2.15. The van der Waals surface area contributed by atoms with E-state index < -0.39 is 0 Å². The molecule has 4 nitrogen and oxygen atoms in total. The zero-order chi connectivity index (χ0) is 20.4. The largest absolute Gasteiger partial charge is 0.420 e. The van der Waals surface area contributed by atoms with Crippen molar-refractivity contribution in [2.45, 2.75) is 6.42 Å². The summed E-state index contributed by atoms with van der Waals surface area (Å²) in [6.07, 6.45) is 0.420. The van der Waals surface area contributed by atoms with Crippen molar-refractivity contribution in [1.82, 2.24) is 10.2 Å². The first-order chi connectivity index (χ1) is 14.0. The molecule has 0 amide bonds. The average Bonchev–Trinajstić information content (AvgIpc) is 3.14. The van der Waals surface area contributed by atoms with Gasteiger partial charge >= 0.3 is 0 Å². The standard InChI is InChI=1S/C21H13Cl4N3O/c22-13-8-9-14(17(25)11-13)21-28-27-19(29-21)10-12-4-1-2-7-18(12)26-20-15(23)5-3-6-16(20)24/h1-9,11,26H,10H2. The molecule has 0 saturated heterocycles. The molecule has 4 aromatic rings. The number of halogens is 4. The molecule has 0 aliphatic carbocycles. The fraction of sp³-hybridized carbons (Fsp3) is 0.0476. The van der Waals surface area contributed by atoms with Crippen molar-refractivity contribution in [2.24, 2.45) is 0 Å². The molecule has 1 heterocycles. The second-order valence-electron chi connectivity index (χ2n) is 6.18. The van der Waals surface area contributed by atoms with Crippen LogP contribution in [0.25, 0.3) is 11.5 Å². The number of hydrogen-bond acceptors (Lipinski definition) is 4. The van der Waals surface area contributed by atoms with Crippen molar-refractivity contribution in [3.8, 4) is 11.5 Å². The maximum atomic E-state index is 6.28. The second kappa shape index (κ2) is 8.64. The van der Waals surface area contributed by atoms with E-state index in [-0.39, 0.29) is 0 Å². The highest BCUT2D eigenvalue weighted by Crippen LogP contribution is 2.34. The first-order valence-corrected chi connectivity index (χ1v) is 10.1. The van der Waals surface area contributed by atoms with Crippen LogP contribution in [-0.2, 0) is 6.42 Å². The lowest BCUT2D eigenvalue weighted by Gasteiger charge is -2.13. The van der Waals surface area contributed by atoms with Crippen molar-refractivity contribution in [1.29, 1.82) is 0 Å². The molecule has 0 atom stereocenters. The first kappa shape index (κ1) is 20.0. The minimum Gasteiger partial charge on any atom is -0.420 e. The normalized spacial score (nSPS) is 10.9. The van der Waals surface area contributed by atoms with Gasteiger partial charge in [-0.3, -0.25) is 0 Å². The molecule has 0 aliphatic rings. The molecule has 0 aliphatic heterocycles. The summed E-state index contributed by atoms with van der Waals surface area (Å²) in [5, 5.41) is 13.6. The Morgan fingerprint density at radius 3 is 2.31 bits per heavy atom. The third kappa shape index (κ3) is 4.51. The van der Waals surface area contributed by atoms with Crippen LogP contribution in [0.2, 0.25) is 20.1 Å². The minimum absolute atomic E-state index is 0.334. The van der Waals surface area contributed by atoms with Crippen LogP contribution in [-0.4, -0.2) is 10.2 Å². The summed E-state index contributed by atoms with van der Waals surface area (Å²) in [6, 6.07) is 18.2. The molecule has 1 N–H and O–H groups in total. The van der Waals surface area contributed by atoms with Gasteiger partial charge in [0.15, 0.2) is 0 Å². The van der Waals surface area contributed by atoms with Gasteiger partial charge in [0.05, 0.1) is 32.7 Å². The average molecular weight is 465 g/mol. The first-order valence-electron chi connectivity index (χ1n) is 8.58. The number of hydrogen-bond donors (Lipinski definition) is 1. The molecule has 29 heavy (non-hydrogen) atoms. The van der Waals surface area contributed by atoms with Crippen LogP contribution in [0.1, 0.15) is 11.5 Å². The maximum Gasteiger partial charge on any atom is 0.249 e. The molecule has 0 unspecified atom stereocenters. The lowest BCUT2D eigenvalue weighted by molar-refractivity contribution is 0.518. The summed E-state index contributed by atoms with van der Waals surface area (Å²) >= 11 is 24.7. The third-order valence-corrected chi connectivity index (χ3v) is 5.39. The number of rotatable bonds is 5. The Morgan fingerprint density at radius 1 is 0.793 bits per heavy atom. The lowest BCUT2D eigenvalue weighted by Crippen LogP contribution is -1.98. The van der Waals surface area contributed by atoms with Gasteiger partial charge in [0.2, 0.25) is 11.8 Å². The molecule has 0 saturated carbocycles. The summed E-state index contributed by atoms with van der Waals surface area (Å²) in [5.41, 5.74) is 3.05. The third-order valence-electron chi connectivity index (χ3n) is 4.21. The number of para-hydroxylation sites is 2. The fourth-order valence-corrected chi connectivity index (χ4v) is 3.79. The van der Waals surface area contributed by atoms with Gasteiger partial charge in [0.25, 0.3) is 0 Å². The van der Waals surface area contributed by atoms with Crippen LogP contribution in [0.5, 0.6) is 0 Å². The Hall–Kier alpha value is -2.24. The van der Waals surface area contributed by atoms with Gasteiger partial charge in [-0.05, 0) is 42.0 Å². The molecule has 8 heteroatoms. The SMILES string of the molecule is Clc1ccc(-c2nnc(Cc3ccccc3Nc3c(Cl)cccc3Cl)o2)c(Cl)c1. The number of benzene rings is 3. The van der Waals surface area contributed by atoms with Gasteiger partial charge in [0, 0.05) is 10.7 Å². The summed E-state index contributed by atoms with van der Waals surface area (Å²) in [4.78, 5) is 0.